The molecule has 0 saturated carbocycles. The lowest BCUT2D eigenvalue weighted by Crippen LogP contribution is -2.04. The molecule has 1 N–H and O–H groups in total. The quantitative estimate of drug-likeness (QED) is 0.883. The number of anilines is 1. The van der Waals surface area contributed by atoms with Crippen molar-refractivity contribution >= 4 is 21.6 Å². The van der Waals surface area contributed by atoms with Crippen LogP contribution in [0, 0.1) is 11.6 Å². The van der Waals surface area contributed by atoms with Crippen LogP contribution in [-0.4, -0.2) is 9.78 Å². The Morgan fingerprint density at radius 3 is 2.82 bits per heavy atom. The smallest absolute Gasteiger partial charge is 0.145 e. The fraction of sp³-hybridized carbons (Fsp3) is 0.182. The first-order valence-corrected chi connectivity index (χ1v) is 5.72. The van der Waals surface area contributed by atoms with Gasteiger partial charge >= 0.3 is 0 Å². The lowest BCUT2D eigenvalue weighted by molar-refractivity contribution is 0.555. The topological polar surface area (TPSA) is 29.9 Å². The van der Waals surface area contributed by atoms with Crippen LogP contribution in [-0.2, 0) is 13.6 Å². The highest BCUT2D eigenvalue weighted by Crippen LogP contribution is 2.22. The predicted octanol–water partition coefficient (Wildman–Crippen LogP) is 3.07. The number of hydrogen-bond donors (Lipinski definition) is 1. The maximum atomic E-state index is 13.6. The Morgan fingerprint density at radius 1 is 1.41 bits per heavy atom. The van der Waals surface area contributed by atoms with Crippen molar-refractivity contribution in [3.8, 4) is 0 Å². The number of nitrogens with zero attached hydrogens (tertiary/aromatic N) is 2. The summed E-state index contributed by atoms with van der Waals surface area (Å²) < 4.78 is 28.9. The van der Waals surface area contributed by atoms with Crippen molar-refractivity contribution in [3.05, 3.63) is 46.2 Å². The minimum Gasteiger partial charge on any atom is -0.378 e. The van der Waals surface area contributed by atoms with E-state index in [-0.39, 0.29) is 16.6 Å². The number of hydrogen-bond acceptors (Lipinski definition) is 2. The molecule has 0 saturated heterocycles. The van der Waals surface area contributed by atoms with Crippen molar-refractivity contribution in [1.82, 2.24) is 9.78 Å². The van der Waals surface area contributed by atoms with E-state index in [4.69, 9.17) is 0 Å². The second-order valence-electron chi connectivity index (χ2n) is 3.58. The van der Waals surface area contributed by atoms with Gasteiger partial charge in [0.1, 0.15) is 11.6 Å². The highest BCUT2D eigenvalue weighted by atomic mass is 79.9. The molecule has 2 rings (SSSR count). The van der Waals surface area contributed by atoms with Gasteiger partial charge in [-0.3, -0.25) is 4.68 Å². The van der Waals surface area contributed by atoms with Crippen molar-refractivity contribution in [1.29, 1.82) is 0 Å². The molecule has 2 aromatic rings. The van der Waals surface area contributed by atoms with E-state index >= 15 is 0 Å². The Kier molecular flexibility index (Phi) is 3.42. The monoisotopic (exact) mass is 301 g/mol. The standard InChI is InChI=1S/C11H10BrF2N3/c1-17-6-7(4-16-17)15-5-8-10(13)3-2-9(12)11(8)14/h2-4,6,15H,5H2,1H3. The molecule has 1 heterocycles. The Morgan fingerprint density at radius 2 is 2.18 bits per heavy atom. The molecule has 6 heteroatoms. The zero-order valence-corrected chi connectivity index (χ0v) is 10.6. The number of aryl methyl sites for hydroxylation is 1. The summed E-state index contributed by atoms with van der Waals surface area (Å²) in [5, 5.41) is 6.86. The minimum absolute atomic E-state index is 0.00299. The summed E-state index contributed by atoms with van der Waals surface area (Å²) in [6.45, 7) is 0.0722. The van der Waals surface area contributed by atoms with Crippen LogP contribution in [0.1, 0.15) is 5.56 Å². The van der Waals surface area contributed by atoms with Gasteiger partial charge in [0.05, 0.1) is 16.4 Å². The number of halogens is 3. The third kappa shape index (κ3) is 2.63. The normalized spacial score (nSPS) is 10.6. The average molecular weight is 302 g/mol. The Bertz CT molecular complexity index is 540. The maximum Gasteiger partial charge on any atom is 0.145 e. The van der Waals surface area contributed by atoms with Crippen LogP contribution in [0.3, 0.4) is 0 Å². The molecule has 3 nitrogen and oxygen atoms in total. The number of aromatic nitrogens is 2. The fourth-order valence-electron chi connectivity index (χ4n) is 1.43. The molecule has 0 atom stereocenters. The Labute approximate surface area is 106 Å². The predicted molar refractivity (Wildman–Crippen MR) is 64.6 cm³/mol. The van der Waals surface area contributed by atoms with Crippen LogP contribution in [0.15, 0.2) is 29.0 Å². The molecule has 1 aromatic carbocycles. The largest absolute Gasteiger partial charge is 0.378 e. The highest BCUT2D eigenvalue weighted by Gasteiger charge is 2.12. The second-order valence-corrected chi connectivity index (χ2v) is 4.43. The fourth-order valence-corrected chi connectivity index (χ4v) is 1.81. The lowest BCUT2D eigenvalue weighted by Gasteiger charge is -2.07. The van der Waals surface area contributed by atoms with Crippen LogP contribution in [0.5, 0.6) is 0 Å². The molecule has 0 aliphatic heterocycles. The molecule has 90 valence electrons. The van der Waals surface area contributed by atoms with E-state index in [9.17, 15) is 8.78 Å². The van der Waals surface area contributed by atoms with E-state index in [1.165, 1.54) is 12.1 Å². The van der Waals surface area contributed by atoms with Gasteiger partial charge in [-0.2, -0.15) is 5.10 Å². The molecule has 17 heavy (non-hydrogen) atoms. The molecular formula is C11H10BrF2N3. The first-order valence-electron chi connectivity index (χ1n) is 4.93. The molecule has 0 bridgehead atoms. The first-order chi connectivity index (χ1) is 8.08. The van der Waals surface area contributed by atoms with Crippen LogP contribution in [0.4, 0.5) is 14.5 Å². The summed E-state index contributed by atoms with van der Waals surface area (Å²) in [7, 11) is 1.77. The van der Waals surface area contributed by atoms with Crippen LogP contribution in [0.25, 0.3) is 0 Å². The molecule has 0 aliphatic rings. The summed E-state index contributed by atoms with van der Waals surface area (Å²) in [6, 6.07) is 2.58. The van der Waals surface area contributed by atoms with E-state index in [2.05, 4.69) is 26.3 Å². The number of benzene rings is 1. The zero-order valence-electron chi connectivity index (χ0n) is 9.04. The van der Waals surface area contributed by atoms with E-state index in [0.29, 0.717) is 5.69 Å². The van der Waals surface area contributed by atoms with Crippen molar-refractivity contribution in [2.24, 2.45) is 7.05 Å². The lowest BCUT2D eigenvalue weighted by atomic mass is 10.2. The summed E-state index contributed by atoms with van der Waals surface area (Å²) in [6.07, 6.45) is 3.32. The highest BCUT2D eigenvalue weighted by molar-refractivity contribution is 9.10. The maximum absolute atomic E-state index is 13.6. The van der Waals surface area contributed by atoms with Gasteiger partial charge < -0.3 is 5.32 Å². The van der Waals surface area contributed by atoms with Crippen molar-refractivity contribution < 1.29 is 8.78 Å². The summed E-state index contributed by atoms with van der Waals surface area (Å²) in [5.74, 6) is -1.15. The van der Waals surface area contributed by atoms with E-state index in [1.54, 1.807) is 24.1 Å². The number of nitrogens with one attached hydrogen (secondary N) is 1. The Balaban J connectivity index is 2.16. The van der Waals surface area contributed by atoms with E-state index in [1.807, 2.05) is 0 Å². The van der Waals surface area contributed by atoms with Gasteiger partial charge in [-0.15, -0.1) is 0 Å². The second kappa shape index (κ2) is 4.83. The van der Waals surface area contributed by atoms with E-state index in [0.717, 1.165) is 0 Å². The van der Waals surface area contributed by atoms with Crippen LogP contribution >= 0.6 is 15.9 Å². The third-order valence-corrected chi connectivity index (χ3v) is 2.93. The average Bonchev–Trinajstić information content (AvgIpc) is 2.70. The van der Waals surface area contributed by atoms with Gasteiger partial charge in [-0.05, 0) is 28.1 Å². The molecule has 0 spiro atoms. The molecule has 0 radical (unpaired) electrons. The van der Waals surface area contributed by atoms with Gasteiger partial charge in [-0.25, -0.2) is 8.78 Å². The summed E-state index contributed by atoms with van der Waals surface area (Å²) in [4.78, 5) is 0. The zero-order chi connectivity index (χ0) is 12.4. The van der Waals surface area contributed by atoms with Gasteiger partial charge in [0.15, 0.2) is 0 Å². The van der Waals surface area contributed by atoms with Gasteiger partial charge in [0.2, 0.25) is 0 Å². The van der Waals surface area contributed by atoms with Gasteiger partial charge in [0, 0.05) is 25.4 Å². The number of rotatable bonds is 3. The van der Waals surface area contributed by atoms with Crippen molar-refractivity contribution in [2.45, 2.75) is 6.54 Å². The van der Waals surface area contributed by atoms with Crippen molar-refractivity contribution in [3.63, 3.8) is 0 Å². The molecule has 1 aromatic heterocycles. The van der Waals surface area contributed by atoms with Crippen molar-refractivity contribution in [2.75, 3.05) is 5.32 Å². The molecule has 0 fully saturated rings. The first kappa shape index (κ1) is 12.0. The van der Waals surface area contributed by atoms with E-state index < -0.39 is 11.6 Å². The molecular weight excluding hydrogens is 292 g/mol. The summed E-state index contributed by atoms with van der Waals surface area (Å²) in [5.41, 5.74) is 0.717. The Hall–Kier alpha value is -1.43. The molecule has 0 unspecified atom stereocenters. The SMILES string of the molecule is Cn1cc(NCc2c(F)ccc(Br)c2F)cn1. The molecule has 0 aliphatic carbocycles. The minimum atomic E-state index is -0.582. The third-order valence-electron chi connectivity index (χ3n) is 2.31. The van der Waals surface area contributed by atoms with Gasteiger partial charge in [-0.1, -0.05) is 0 Å². The van der Waals surface area contributed by atoms with Crippen LogP contribution < -0.4 is 5.32 Å². The van der Waals surface area contributed by atoms with Crippen LogP contribution in [0.2, 0.25) is 0 Å². The van der Waals surface area contributed by atoms with Gasteiger partial charge in [0.25, 0.3) is 0 Å². The summed E-state index contributed by atoms with van der Waals surface area (Å²) >= 11 is 3.02. The molecule has 0 amide bonds.